The number of carbonyl (C=O) groups is 3. The highest BCUT2D eigenvalue weighted by molar-refractivity contribution is 5.92. The van der Waals surface area contributed by atoms with Gasteiger partial charge in [0.25, 0.3) is 0 Å². The third-order valence-corrected chi connectivity index (χ3v) is 9.11. The summed E-state index contributed by atoms with van der Waals surface area (Å²) in [5.74, 6) is 0.463. The van der Waals surface area contributed by atoms with Gasteiger partial charge in [-0.05, 0) is 74.2 Å². The van der Waals surface area contributed by atoms with E-state index < -0.39 is 29.4 Å². The van der Waals surface area contributed by atoms with Gasteiger partial charge in [0.2, 0.25) is 5.78 Å². The molecule has 0 aromatic rings. The van der Waals surface area contributed by atoms with Crippen LogP contribution in [0.2, 0.25) is 0 Å². The van der Waals surface area contributed by atoms with Crippen LogP contribution < -0.4 is 5.73 Å². The van der Waals surface area contributed by atoms with Crippen molar-refractivity contribution in [2.24, 2.45) is 34.3 Å². The summed E-state index contributed by atoms with van der Waals surface area (Å²) >= 11 is 0. The van der Waals surface area contributed by atoms with Crippen LogP contribution in [0, 0.1) is 28.6 Å². The second-order valence-electron chi connectivity index (χ2n) is 10.1. The van der Waals surface area contributed by atoms with Gasteiger partial charge < -0.3 is 15.6 Å². The molecule has 6 heteroatoms. The fraction of sp³-hybridized carbons (Fsp3) is 0.783. The number of hydrogen-bond acceptors (Lipinski definition) is 6. The van der Waals surface area contributed by atoms with E-state index in [4.69, 9.17) is 10.5 Å². The van der Waals surface area contributed by atoms with Gasteiger partial charge in [0.1, 0.15) is 5.60 Å². The Morgan fingerprint density at radius 2 is 1.86 bits per heavy atom. The minimum Gasteiger partial charge on any atom is -0.457 e. The van der Waals surface area contributed by atoms with E-state index in [1.54, 1.807) is 0 Å². The molecule has 6 atom stereocenters. The Hall–Kier alpha value is -1.53. The van der Waals surface area contributed by atoms with Crippen molar-refractivity contribution in [3.05, 3.63) is 11.6 Å². The third kappa shape index (κ3) is 2.94. The lowest BCUT2D eigenvalue weighted by atomic mass is 9.46. The summed E-state index contributed by atoms with van der Waals surface area (Å²) in [7, 11) is 0. The van der Waals surface area contributed by atoms with Crippen LogP contribution in [0.1, 0.15) is 65.2 Å². The van der Waals surface area contributed by atoms with Crippen LogP contribution in [0.15, 0.2) is 11.6 Å². The molecule has 6 unspecified atom stereocenters. The lowest BCUT2D eigenvalue weighted by Gasteiger charge is -2.58. The number of Topliss-reactive ketones (excluding diaryl/α,β-unsaturated/α-hetero) is 1. The van der Waals surface area contributed by atoms with Gasteiger partial charge in [-0.25, -0.2) is 0 Å². The summed E-state index contributed by atoms with van der Waals surface area (Å²) in [6, 6.07) is 0. The summed E-state index contributed by atoms with van der Waals surface area (Å²) < 4.78 is 4.95. The number of allylic oxidation sites excluding steroid dienone is 1. The Kier molecular flexibility index (Phi) is 5.02. The van der Waals surface area contributed by atoms with Crippen LogP contribution in [-0.4, -0.2) is 41.4 Å². The van der Waals surface area contributed by atoms with E-state index in [9.17, 15) is 19.5 Å². The standard InChI is InChI=1S/C23H33NO5/c1-21-8-5-15(25)11-14(21)3-4-16-17(21)6-9-22(2)18(16)7-10-23(22,28)19(26)13-29-20(27)12-24/h11,16-18,28H,3-10,12-13,24H2,1-2H3. The molecule has 4 aliphatic rings. The Balaban J connectivity index is 1.57. The fourth-order valence-corrected chi connectivity index (χ4v) is 7.36. The van der Waals surface area contributed by atoms with Crippen molar-refractivity contribution in [1.29, 1.82) is 0 Å². The quantitative estimate of drug-likeness (QED) is 0.698. The Bertz CT molecular complexity index is 775. The van der Waals surface area contributed by atoms with Crippen molar-refractivity contribution in [3.8, 4) is 0 Å². The van der Waals surface area contributed by atoms with Crippen LogP contribution in [-0.2, 0) is 19.1 Å². The van der Waals surface area contributed by atoms with E-state index in [-0.39, 0.29) is 23.7 Å². The molecule has 4 aliphatic carbocycles. The molecule has 0 bridgehead atoms. The maximum Gasteiger partial charge on any atom is 0.320 e. The molecule has 0 aliphatic heterocycles. The van der Waals surface area contributed by atoms with Crippen molar-refractivity contribution in [3.63, 3.8) is 0 Å². The monoisotopic (exact) mass is 403 g/mol. The zero-order chi connectivity index (χ0) is 21.0. The molecule has 3 saturated carbocycles. The minimum absolute atomic E-state index is 0.0690. The highest BCUT2D eigenvalue weighted by Gasteiger charge is 2.66. The van der Waals surface area contributed by atoms with Crippen LogP contribution in [0.25, 0.3) is 0 Å². The highest BCUT2D eigenvalue weighted by atomic mass is 16.5. The lowest BCUT2D eigenvalue weighted by Crippen LogP contribution is -2.58. The number of esters is 1. The van der Waals surface area contributed by atoms with Gasteiger partial charge in [-0.15, -0.1) is 0 Å². The van der Waals surface area contributed by atoms with Crippen molar-refractivity contribution in [1.82, 2.24) is 0 Å². The predicted molar refractivity (Wildman–Crippen MR) is 107 cm³/mol. The average Bonchev–Trinajstić information content (AvgIpc) is 2.98. The first-order valence-corrected chi connectivity index (χ1v) is 11.0. The van der Waals surface area contributed by atoms with E-state index in [0.717, 1.165) is 38.5 Å². The summed E-state index contributed by atoms with van der Waals surface area (Å²) in [5.41, 5.74) is 4.69. The lowest BCUT2D eigenvalue weighted by molar-refractivity contribution is -0.169. The molecule has 6 nitrogen and oxygen atoms in total. The first-order valence-electron chi connectivity index (χ1n) is 11.0. The summed E-state index contributed by atoms with van der Waals surface area (Å²) in [6.45, 7) is 3.70. The van der Waals surface area contributed by atoms with Gasteiger partial charge in [-0.3, -0.25) is 14.4 Å². The Morgan fingerprint density at radius 1 is 1.14 bits per heavy atom. The number of fused-ring (bicyclic) bond motifs is 5. The Morgan fingerprint density at radius 3 is 2.59 bits per heavy atom. The number of nitrogens with two attached hydrogens (primary N) is 1. The fourth-order valence-electron chi connectivity index (χ4n) is 7.36. The van der Waals surface area contributed by atoms with Gasteiger partial charge in [0.15, 0.2) is 12.4 Å². The SMILES string of the molecule is CC12CCC(=O)C=C1CCC1C2CCC2(C)C1CCC2(O)C(=O)COC(=O)CN. The highest BCUT2D eigenvalue weighted by Crippen LogP contribution is 2.67. The molecule has 3 fully saturated rings. The van der Waals surface area contributed by atoms with E-state index in [2.05, 4.69) is 13.8 Å². The smallest absolute Gasteiger partial charge is 0.320 e. The summed E-state index contributed by atoms with van der Waals surface area (Å²) in [4.78, 5) is 36.2. The molecule has 3 N–H and O–H groups in total. The van der Waals surface area contributed by atoms with Crippen LogP contribution >= 0.6 is 0 Å². The van der Waals surface area contributed by atoms with Gasteiger partial charge in [-0.2, -0.15) is 0 Å². The zero-order valence-electron chi connectivity index (χ0n) is 17.5. The van der Waals surface area contributed by atoms with E-state index in [0.29, 0.717) is 24.7 Å². The molecule has 29 heavy (non-hydrogen) atoms. The van der Waals surface area contributed by atoms with Gasteiger partial charge >= 0.3 is 5.97 Å². The molecular formula is C23H33NO5. The summed E-state index contributed by atoms with van der Waals surface area (Å²) in [5, 5.41) is 11.5. The number of hydrogen-bond donors (Lipinski definition) is 2. The topological polar surface area (TPSA) is 107 Å². The number of carbonyl (C=O) groups excluding carboxylic acids is 3. The van der Waals surface area contributed by atoms with Gasteiger partial charge in [0.05, 0.1) is 6.54 Å². The third-order valence-electron chi connectivity index (χ3n) is 9.11. The first-order chi connectivity index (χ1) is 13.7. The molecule has 160 valence electrons. The molecule has 0 aromatic carbocycles. The molecule has 4 rings (SSSR count). The average molecular weight is 404 g/mol. The maximum atomic E-state index is 12.9. The number of aliphatic hydroxyl groups is 1. The van der Waals surface area contributed by atoms with E-state index in [1.807, 2.05) is 6.08 Å². The van der Waals surface area contributed by atoms with E-state index in [1.165, 1.54) is 5.57 Å². The second-order valence-corrected chi connectivity index (χ2v) is 10.1. The van der Waals surface area contributed by atoms with Gasteiger partial charge in [0, 0.05) is 11.8 Å². The number of ether oxygens (including phenoxy) is 1. The van der Waals surface area contributed by atoms with Crippen LogP contribution in [0.3, 0.4) is 0 Å². The normalized spacial score (nSPS) is 43.7. The number of rotatable bonds is 4. The van der Waals surface area contributed by atoms with Crippen LogP contribution in [0.4, 0.5) is 0 Å². The summed E-state index contributed by atoms with van der Waals surface area (Å²) in [6.07, 6.45) is 8.38. The van der Waals surface area contributed by atoms with Crippen molar-refractivity contribution in [2.45, 2.75) is 70.8 Å². The molecular weight excluding hydrogens is 370 g/mol. The maximum absolute atomic E-state index is 12.9. The van der Waals surface area contributed by atoms with Crippen molar-refractivity contribution in [2.75, 3.05) is 13.2 Å². The largest absolute Gasteiger partial charge is 0.457 e. The molecule has 0 amide bonds. The minimum atomic E-state index is -1.45. The molecule has 0 heterocycles. The predicted octanol–water partition coefficient (Wildman–Crippen LogP) is 2.32. The Labute approximate surface area is 172 Å². The molecule has 0 aromatic heterocycles. The second kappa shape index (κ2) is 7.02. The molecule has 0 spiro atoms. The van der Waals surface area contributed by atoms with Crippen molar-refractivity contribution < 1.29 is 24.2 Å². The zero-order valence-corrected chi connectivity index (χ0v) is 17.5. The van der Waals surface area contributed by atoms with Crippen LogP contribution in [0.5, 0.6) is 0 Å². The number of ketones is 2. The molecule has 0 saturated heterocycles. The first kappa shape index (κ1) is 20.7. The molecule has 0 radical (unpaired) electrons. The van der Waals surface area contributed by atoms with E-state index >= 15 is 0 Å². The van der Waals surface area contributed by atoms with Crippen molar-refractivity contribution >= 4 is 17.5 Å². The van der Waals surface area contributed by atoms with Gasteiger partial charge in [-0.1, -0.05) is 19.4 Å².